The summed E-state index contributed by atoms with van der Waals surface area (Å²) in [5, 5.41) is 19.9. The summed E-state index contributed by atoms with van der Waals surface area (Å²) >= 11 is 0. The van der Waals surface area contributed by atoms with E-state index in [1.54, 1.807) is 19.1 Å². The largest absolute Gasteiger partial charge is 0.508 e. The van der Waals surface area contributed by atoms with Crippen molar-refractivity contribution in [1.29, 1.82) is 0 Å². The van der Waals surface area contributed by atoms with Crippen LogP contribution in [0.15, 0.2) is 48.5 Å². The molecular weight excluding hydrogens is 346 g/mol. The number of carbonyl (C=O) groups is 1. The van der Waals surface area contributed by atoms with E-state index in [0.29, 0.717) is 17.1 Å². The molecule has 3 rings (SSSR count). The molecule has 0 saturated carbocycles. The van der Waals surface area contributed by atoms with Crippen LogP contribution < -0.4 is 10.1 Å². The van der Waals surface area contributed by atoms with Gasteiger partial charge in [0.2, 0.25) is 0 Å². The maximum absolute atomic E-state index is 12.4. The minimum Gasteiger partial charge on any atom is -0.508 e. The molecule has 0 radical (unpaired) electrons. The fourth-order valence-electron chi connectivity index (χ4n) is 2.33. The molecule has 1 aromatic heterocycles. The van der Waals surface area contributed by atoms with Crippen LogP contribution in [0.1, 0.15) is 16.2 Å². The van der Waals surface area contributed by atoms with Crippen LogP contribution in [0, 0.1) is 6.92 Å². The van der Waals surface area contributed by atoms with Crippen LogP contribution in [0.3, 0.4) is 0 Å². The number of ether oxygens (including phenoxy) is 1. The fourth-order valence-corrected chi connectivity index (χ4v) is 2.33. The summed E-state index contributed by atoms with van der Waals surface area (Å²) in [5.41, 5.74) is 1.51. The van der Waals surface area contributed by atoms with Crippen LogP contribution in [0.5, 0.6) is 11.5 Å². The molecule has 2 aromatic carbocycles. The molecule has 0 aliphatic heterocycles. The van der Waals surface area contributed by atoms with Gasteiger partial charge in [-0.05, 0) is 43.3 Å². The highest BCUT2D eigenvalue weighted by Gasteiger charge is 2.18. The van der Waals surface area contributed by atoms with Crippen molar-refractivity contribution in [2.75, 3.05) is 5.32 Å². The van der Waals surface area contributed by atoms with Gasteiger partial charge in [-0.15, -0.1) is 5.10 Å². The minimum atomic E-state index is -2.90. The predicted molar refractivity (Wildman–Crippen MR) is 88.8 cm³/mol. The number of carbonyl (C=O) groups excluding carboxylic acids is 1. The Hall–Kier alpha value is -3.49. The van der Waals surface area contributed by atoms with E-state index < -0.39 is 12.5 Å². The Morgan fingerprint density at radius 1 is 1.23 bits per heavy atom. The van der Waals surface area contributed by atoms with Gasteiger partial charge in [0.05, 0.1) is 11.4 Å². The molecule has 3 aromatic rings. The zero-order valence-electron chi connectivity index (χ0n) is 13.6. The van der Waals surface area contributed by atoms with Crippen LogP contribution in [0.2, 0.25) is 0 Å². The van der Waals surface area contributed by atoms with Gasteiger partial charge in [0, 0.05) is 11.8 Å². The average molecular weight is 360 g/mol. The summed E-state index contributed by atoms with van der Waals surface area (Å²) in [6, 6.07) is 11.9. The number of aromatic nitrogens is 3. The number of hydrogen-bond acceptors (Lipinski definition) is 5. The van der Waals surface area contributed by atoms with E-state index in [9.17, 15) is 18.7 Å². The topological polar surface area (TPSA) is 89.3 Å². The zero-order valence-corrected chi connectivity index (χ0v) is 13.6. The first-order valence-electron chi connectivity index (χ1n) is 7.52. The van der Waals surface area contributed by atoms with Gasteiger partial charge in [0.15, 0.2) is 5.69 Å². The van der Waals surface area contributed by atoms with Gasteiger partial charge in [0.1, 0.15) is 11.5 Å². The lowest BCUT2D eigenvalue weighted by Crippen LogP contribution is -2.14. The lowest BCUT2D eigenvalue weighted by molar-refractivity contribution is -0.0498. The van der Waals surface area contributed by atoms with Crippen molar-refractivity contribution in [2.45, 2.75) is 13.5 Å². The number of aromatic hydroxyl groups is 1. The average Bonchev–Trinajstić information content (AvgIpc) is 2.97. The summed E-state index contributed by atoms with van der Waals surface area (Å²) in [7, 11) is 0. The number of hydrogen-bond donors (Lipinski definition) is 2. The maximum Gasteiger partial charge on any atom is 0.387 e. The molecule has 1 amide bonds. The van der Waals surface area contributed by atoms with Crippen molar-refractivity contribution in [1.82, 2.24) is 15.0 Å². The van der Waals surface area contributed by atoms with E-state index >= 15 is 0 Å². The molecule has 26 heavy (non-hydrogen) atoms. The molecular formula is C17H14F2N4O3. The van der Waals surface area contributed by atoms with E-state index in [0.717, 1.165) is 0 Å². The molecule has 0 fully saturated rings. The van der Waals surface area contributed by atoms with E-state index in [-0.39, 0.29) is 17.2 Å². The minimum absolute atomic E-state index is 0.0170. The molecule has 0 aliphatic rings. The summed E-state index contributed by atoms with van der Waals surface area (Å²) in [6.45, 7) is -1.25. The van der Waals surface area contributed by atoms with Crippen molar-refractivity contribution in [3.05, 3.63) is 59.9 Å². The number of nitrogens with one attached hydrogen (secondary N) is 1. The fraction of sp³-hybridized carbons (Fsp3) is 0.118. The third-order valence-corrected chi connectivity index (χ3v) is 3.52. The number of phenolic OH excluding ortho intramolecular Hbond substituents is 1. The van der Waals surface area contributed by atoms with Crippen LogP contribution in [0.4, 0.5) is 14.5 Å². The maximum atomic E-state index is 12.4. The van der Waals surface area contributed by atoms with Gasteiger partial charge in [-0.2, -0.15) is 8.78 Å². The van der Waals surface area contributed by atoms with Crippen molar-refractivity contribution in [2.24, 2.45) is 0 Å². The zero-order chi connectivity index (χ0) is 18.7. The van der Waals surface area contributed by atoms with E-state index in [1.165, 1.54) is 41.1 Å². The first-order valence-corrected chi connectivity index (χ1v) is 7.52. The molecule has 134 valence electrons. The molecule has 1 heterocycles. The number of anilines is 1. The van der Waals surface area contributed by atoms with Crippen LogP contribution >= 0.6 is 0 Å². The first kappa shape index (κ1) is 17.3. The second kappa shape index (κ2) is 7.18. The smallest absolute Gasteiger partial charge is 0.387 e. The number of phenols is 1. The van der Waals surface area contributed by atoms with Crippen molar-refractivity contribution >= 4 is 11.6 Å². The molecule has 0 spiro atoms. The lowest BCUT2D eigenvalue weighted by atomic mass is 10.2. The molecule has 0 bridgehead atoms. The summed E-state index contributed by atoms with van der Waals surface area (Å²) < 4.78 is 30.1. The van der Waals surface area contributed by atoms with E-state index in [1.807, 2.05) is 0 Å². The molecule has 7 nitrogen and oxygen atoms in total. The quantitative estimate of drug-likeness (QED) is 0.730. The highest BCUT2D eigenvalue weighted by molar-refractivity contribution is 6.03. The van der Waals surface area contributed by atoms with Crippen LogP contribution in [0.25, 0.3) is 5.69 Å². The summed E-state index contributed by atoms with van der Waals surface area (Å²) in [5.74, 6) is -0.449. The molecule has 0 saturated heterocycles. The molecule has 0 atom stereocenters. The lowest BCUT2D eigenvalue weighted by Gasteiger charge is -2.07. The van der Waals surface area contributed by atoms with Gasteiger partial charge < -0.3 is 15.2 Å². The third kappa shape index (κ3) is 3.77. The molecule has 0 unspecified atom stereocenters. The number of alkyl halides is 2. The standard InChI is InChI=1S/C17H14F2N4O3/c1-10-15(16(25)20-11-3-2-4-13(24)9-11)21-22-23(10)12-5-7-14(8-6-12)26-17(18)19/h2-9,17,24H,1H3,(H,20,25). The highest BCUT2D eigenvalue weighted by Crippen LogP contribution is 2.20. The van der Waals surface area contributed by atoms with Crippen molar-refractivity contribution in [3.8, 4) is 17.2 Å². The van der Waals surface area contributed by atoms with Gasteiger partial charge in [0.25, 0.3) is 5.91 Å². The number of rotatable bonds is 5. The summed E-state index contributed by atoms with van der Waals surface area (Å²) in [6.07, 6.45) is 0. The number of halogens is 2. The van der Waals surface area contributed by atoms with Gasteiger partial charge in [-0.3, -0.25) is 4.79 Å². The predicted octanol–water partition coefficient (Wildman–Crippen LogP) is 3.14. The van der Waals surface area contributed by atoms with Crippen molar-refractivity contribution < 1.29 is 23.4 Å². The van der Waals surface area contributed by atoms with E-state index in [4.69, 9.17) is 0 Å². The Kier molecular flexibility index (Phi) is 4.78. The van der Waals surface area contributed by atoms with Crippen LogP contribution in [-0.2, 0) is 0 Å². The van der Waals surface area contributed by atoms with Gasteiger partial charge in [-0.25, -0.2) is 4.68 Å². The van der Waals surface area contributed by atoms with Crippen LogP contribution in [-0.4, -0.2) is 32.6 Å². The Morgan fingerprint density at radius 2 is 1.96 bits per heavy atom. The molecule has 2 N–H and O–H groups in total. The Labute approximate surface area is 146 Å². The SMILES string of the molecule is Cc1c(C(=O)Nc2cccc(O)c2)nnn1-c1ccc(OC(F)F)cc1. The normalized spacial score (nSPS) is 10.8. The highest BCUT2D eigenvalue weighted by atomic mass is 19.3. The molecule has 0 aliphatic carbocycles. The van der Waals surface area contributed by atoms with E-state index in [2.05, 4.69) is 20.4 Å². The monoisotopic (exact) mass is 360 g/mol. The number of nitrogens with zero attached hydrogens (tertiary/aromatic N) is 3. The number of amides is 1. The first-order chi connectivity index (χ1) is 12.4. The third-order valence-electron chi connectivity index (χ3n) is 3.52. The Balaban J connectivity index is 1.80. The number of benzene rings is 2. The summed E-state index contributed by atoms with van der Waals surface area (Å²) in [4.78, 5) is 12.4. The van der Waals surface area contributed by atoms with Crippen molar-refractivity contribution in [3.63, 3.8) is 0 Å². The van der Waals surface area contributed by atoms with Gasteiger partial charge >= 0.3 is 6.61 Å². The second-order valence-electron chi connectivity index (χ2n) is 5.31. The Morgan fingerprint density at radius 3 is 2.62 bits per heavy atom. The molecule has 9 heteroatoms. The Bertz CT molecular complexity index is 926. The second-order valence-corrected chi connectivity index (χ2v) is 5.31. The van der Waals surface area contributed by atoms with Gasteiger partial charge in [-0.1, -0.05) is 11.3 Å².